The number of nitrogens with zero attached hydrogens (tertiary/aromatic N) is 2. The van der Waals surface area contributed by atoms with Gasteiger partial charge in [0.2, 0.25) is 5.91 Å². The standard InChI is InChI=1S/C19H24N2O3S/c1-15-8-4-5-9-16(15)24-12-7-11-20(2)18(22)14-21(3)19(23)17-10-6-13-25-17/h4-6,8-10,13H,7,11-12,14H2,1-3H3. The normalized spacial score (nSPS) is 10.4. The molecule has 2 amide bonds. The van der Waals surface area contributed by atoms with Crippen LogP contribution in [0.2, 0.25) is 0 Å². The monoisotopic (exact) mass is 360 g/mol. The molecule has 0 spiro atoms. The smallest absolute Gasteiger partial charge is 0.264 e. The van der Waals surface area contributed by atoms with E-state index in [-0.39, 0.29) is 18.4 Å². The molecule has 6 heteroatoms. The average Bonchev–Trinajstić information content (AvgIpc) is 3.13. The lowest BCUT2D eigenvalue weighted by Crippen LogP contribution is -2.39. The van der Waals surface area contributed by atoms with Crippen LogP contribution >= 0.6 is 11.3 Å². The Balaban J connectivity index is 1.71. The zero-order valence-corrected chi connectivity index (χ0v) is 15.7. The van der Waals surface area contributed by atoms with Crippen LogP contribution in [0.25, 0.3) is 0 Å². The van der Waals surface area contributed by atoms with Gasteiger partial charge in [0.1, 0.15) is 5.75 Å². The number of likely N-dealkylation sites (N-methyl/N-ethyl adjacent to an activating group) is 2. The van der Waals surface area contributed by atoms with Crippen molar-refractivity contribution in [1.82, 2.24) is 9.80 Å². The fraction of sp³-hybridized carbons (Fsp3) is 0.368. The zero-order valence-electron chi connectivity index (χ0n) is 14.9. The van der Waals surface area contributed by atoms with Crippen molar-refractivity contribution in [2.75, 3.05) is 33.8 Å². The Kier molecular flexibility index (Phi) is 7.01. The molecular formula is C19H24N2O3S. The van der Waals surface area contributed by atoms with E-state index in [0.717, 1.165) is 17.7 Å². The topological polar surface area (TPSA) is 49.9 Å². The van der Waals surface area contributed by atoms with E-state index in [4.69, 9.17) is 4.74 Å². The maximum absolute atomic E-state index is 12.2. The molecule has 0 fully saturated rings. The number of benzene rings is 1. The molecule has 0 radical (unpaired) electrons. The van der Waals surface area contributed by atoms with E-state index >= 15 is 0 Å². The largest absolute Gasteiger partial charge is 0.493 e. The highest BCUT2D eigenvalue weighted by atomic mass is 32.1. The molecule has 0 saturated carbocycles. The number of carbonyl (C=O) groups excluding carboxylic acids is 2. The van der Waals surface area contributed by atoms with Crippen LogP contribution in [0.1, 0.15) is 21.7 Å². The first-order chi connectivity index (χ1) is 12.0. The van der Waals surface area contributed by atoms with Crippen LogP contribution in [0, 0.1) is 6.92 Å². The third kappa shape index (κ3) is 5.60. The Hall–Kier alpha value is -2.34. The number of rotatable bonds is 8. The Labute approximate surface area is 152 Å². The van der Waals surface area contributed by atoms with Gasteiger partial charge in [0, 0.05) is 20.6 Å². The van der Waals surface area contributed by atoms with Gasteiger partial charge in [0.15, 0.2) is 0 Å². The summed E-state index contributed by atoms with van der Waals surface area (Å²) in [5.41, 5.74) is 1.10. The Morgan fingerprint density at radius 3 is 2.52 bits per heavy atom. The number of hydrogen-bond donors (Lipinski definition) is 0. The first-order valence-electron chi connectivity index (χ1n) is 8.20. The minimum atomic E-state index is -0.125. The van der Waals surface area contributed by atoms with E-state index in [0.29, 0.717) is 18.0 Å². The van der Waals surface area contributed by atoms with Crippen molar-refractivity contribution in [3.05, 3.63) is 52.2 Å². The highest BCUT2D eigenvalue weighted by Gasteiger charge is 2.17. The molecule has 0 N–H and O–H groups in total. The van der Waals surface area contributed by atoms with Gasteiger partial charge >= 0.3 is 0 Å². The number of thiophene rings is 1. The second-order valence-corrected chi connectivity index (χ2v) is 6.87. The van der Waals surface area contributed by atoms with Crippen molar-refractivity contribution in [3.63, 3.8) is 0 Å². The number of carbonyl (C=O) groups is 2. The predicted molar refractivity (Wildman–Crippen MR) is 100 cm³/mol. The molecule has 0 aliphatic heterocycles. The number of ether oxygens (including phenoxy) is 1. The lowest BCUT2D eigenvalue weighted by atomic mass is 10.2. The van der Waals surface area contributed by atoms with Crippen molar-refractivity contribution in [1.29, 1.82) is 0 Å². The molecule has 0 aliphatic carbocycles. The van der Waals surface area contributed by atoms with Gasteiger partial charge in [-0.1, -0.05) is 24.3 Å². The van der Waals surface area contributed by atoms with Crippen molar-refractivity contribution in [3.8, 4) is 5.75 Å². The maximum Gasteiger partial charge on any atom is 0.264 e. The molecule has 0 aliphatic rings. The van der Waals surface area contributed by atoms with Gasteiger partial charge in [-0.25, -0.2) is 0 Å². The third-order valence-corrected chi connectivity index (χ3v) is 4.72. The number of para-hydroxylation sites is 1. The molecule has 1 aromatic heterocycles. The molecule has 25 heavy (non-hydrogen) atoms. The molecule has 0 saturated heterocycles. The van der Waals surface area contributed by atoms with Gasteiger partial charge in [-0.05, 0) is 36.4 Å². The van der Waals surface area contributed by atoms with Crippen molar-refractivity contribution in [2.45, 2.75) is 13.3 Å². The van der Waals surface area contributed by atoms with E-state index < -0.39 is 0 Å². The van der Waals surface area contributed by atoms with Gasteiger partial charge in [-0.15, -0.1) is 11.3 Å². The van der Waals surface area contributed by atoms with Crippen molar-refractivity contribution in [2.24, 2.45) is 0 Å². The summed E-state index contributed by atoms with van der Waals surface area (Å²) in [6.07, 6.45) is 0.735. The summed E-state index contributed by atoms with van der Waals surface area (Å²) in [4.78, 5) is 28.1. The van der Waals surface area contributed by atoms with Crippen LogP contribution in [0.4, 0.5) is 0 Å². The number of amides is 2. The fourth-order valence-corrected chi connectivity index (χ4v) is 3.03. The van der Waals surface area contributed by atoms with Gasteiger partial charge in [-0.2, -0.15) is 0 Å². The van der Waals surface area contributed by atoms with E-state index in [2.05, 4.69) is 0 Å². The molecule has 0 unspecified atom stereocenters. The summed E-state index contributed by atoms with van der Waals surface area (Å²) >= 11 is 1.38. The summed E-state index contributed by atoms with van der Waals surface area (Å²) in [7, 11) is 3.40. The van der Waals surface area contributed by atoms with Gasteiger partial charge < -0.3 is 14.5 Å². The highest BCUT2D eigenvalue weighted by Crippen LogP contribution is 2.16. The summed E-state index contributed by atoms with van der Waals surface area (Å²) < 4.78 is 5.73. The molecule has 1 heterocycles. The van der Waals surface area contributed by atoms with Crippen LogP contribution < -0.4 is 4.74 Å². The SMILES string of the molecule is Cc1ccccc1OCCCN(C)C(=O)CN(C)C(=O)c1cccs1. The third-order valence-electron chi connectivity index (χ3n) is 3.87. The summed E-state index contributed by atoms with van der Waals surface area (Å²) in [6, 6.07) is 11.5. The van der Waals surface area contributed by atoms with E-state index in [1.165, 1.54) is 16.2 Å². The fourth-order valence-electron chi connectivity index (χ4n) is 2.31. The van der Waals surface area contributed by atoms with Gasteiger partial charge in [0.05, 0.1) is 18.0 Å². The second-order valence-electron chi connectivity index (χ2n) is 5.92. The lowest BCUT2D eigenvalue weighted by Gasteiger charge is -2.22. The summed E-state index contributed by atoms with van der Waals surface area (Å²) in [5.74, 6) is 0.667. The Morgan fingerprint density at radius 1 is 1.08 bits per heavy atom. The van der Waals surface area contributed by atoms with Crippen LogP contribution in [-0.2, 0) is 4.79 Å². The second kappa shape index (κ2) is 9.22. The molecule has 2 aromatic rings. The van der Waals surface area contributed by atoms with E-state index in [1.807, 2.05) is 42.6 Å². The summed E-state index contributed by atoms with van der Waals surface area (Å²) in [5, 5.41) is 1.85. The van der Waals surface area contributed by atoms with E-state index in [9.17, 15) is 9.59 Å². The molecular weight excluding hydrogens is 336 g/mol. The highest BCUT2D eigenvalue weighted by molar-refractivity contribution is 7.12. The molecule has 5 nitrogen and oxygen atoms in total. The molecule has 1 aromatic carbocycles. The molecule has 134 valence electrons. The Bertz CT molecular complexity index is 700. The lowest BCUT2D eigenvalue weighted by molar-refractivity contribution is -0.130. The van der Waals surface area contributed by atoms with Crippen molar-refractivity contribution >= 4 is 23.2 Å². The first kappa shape index (κ1) is 19.0. The van der Waals surface area contributed by atoms with Crippen LogP contribution in [0.3, 0.4) is 0 Å². The van der Waals surface area contributed by atoms with Gasteiger partial charge in [-0.3, -0.25) is 9.59 Å². The minimum Gasteiger partial charge on any atom is -0.493 e. The van der Waals surface area contributed by atoms with E-state index in [1.54, 1.807) is 25.1 Å². The zero-order chi connectivity index (χ0) is 18.2. The molecule has 0 atom stereocenters. The van der Waals surface area contributed by atoms with Crippen molar-refractivity contribution < 1.29 is 14.3 Å². The predicted octanol–water partition coefficient (Wildman–Crippen LogP) is 3.06. The average molecular weight is 360 g/mol. The Morgan fingerprint density at radius 2 is 1.84 bits per heavy atom. The van der Waals surface area contributed by atoms with Crippen LogP contribution in [0.15, 0.2) is 41.8 Å². The quantitative estimate of drug-likeness (QED) is 0.680. The number of hydrogen-bond acceptors (Lipinski definition) is 4. The minimum absolute atomic E-state index is 0.0753. The molecule has 0 bridgehead atoms. The van der Waals surface area contributed by atoms with Crippen LogP contribution in [0.5, 0.6) is 5.75 Å². The number of aryl methyl sites for hydroxylation is 1. The maximum atomic E-state index is 12.2. The summed E-state index contributed by atoms with van der Waals surface area (Å²) in [6.45, 7) is 3.22. The first-order valence-corrected chi connectivity index (χ1v) is 9.08. The van der Waals surface area contributed by atoms with Crippen LogP contribution in [-0.4, -0.2) is 55.4 Å². The molecule has 2 rings (SSSR count). The van der Waals surface area contributed by atoms with Gasteiger partial charge in [0.25, 0.3) is 5.91 Å².